The highest BCUT2D eigenvalue weighted by Crippen LogP contribution is 2.25. The summed E-state index contributed by atoms with van der Waals surface area (Å²) >= 11 is 5.75. The Hall–Kier alpha value is -1.79. The van der Waals surface area contributed by atoms with E-state index in [4.69, 9.17) is 16.3 Å². The van der Waals surface area contributed by atoms with Crippen molar-refractivity contribution in [2.45, 2.75) is 38.8 Å². The SMILES string of the molecule is CC(C)(C)OC(=O)NC(CO)Cc1c[nH]c2cc(Cl)c(F)cc12. The van der Waals surface area contributed by atoms with Crippen molar-refractivity contribution in [3.8, 4) is 0 Å². The zero-order chi connectivity index (χ0) is 17.2. The van der Waals surface area contributed by atoms with Crippen LogP contribution in [0.4, 0.5) is 9.18 Å². The lowest BCUT2D eigenvalue weighted by molar-refractivity contribution is 0.0483. The van der Waals surface area contributed by atoms with Gasteiger partial charge < -0.3 is 20.1 Å². The molecule has 23 heavy (non-hydrogen) atoms. The highest BCUT2D eigenvalue weighted by Gasteiger charge is 2.20. The molecule has 0 saturated heterocycles. The van der Waals surface area contributed by atoms with E-state index in [1.165, 1.54) is 12.1 Å². The quantitative estimate of drug-likeness (QED) is 0.797. The van der Waals surface area contributed by atoms with Crippen LogP contribution < -0.4 is 5.32 Å². The summed E-state index contributed by atoms with van der Waals surface area (Å²) in [6.07, 6.45) is 1.43. The summed E-state index contributed by atoms with van der Waals surface area (Å²) in [5.74, 6) is -0.513. The summed E-state index contributed by atoms with van der Waals surface area (Å²) in [6, 6.07) is 2.30. The van der Waals surface area contributed by atoms with E-state index in [0.717, 1.165) is 5.56 Å². The number of alkyl carbamates (subject to hydrolysis) is 1. The number of amides is 1. The van der Waals surface area contributed by atoms with Gasteiger partial charge in [0.05, 0.1) is 17.7 Å². The number of aromatic nitrogens is 1. The standard InChI is InChI=1S/C16H20ClFN2O3/c1-16(2,3)23-15(22)20-10(8-21)4-9-7-19-14-6-12(17)13(18)5-11(9)14/h5-7,10,19,21H,4,8H2,1-3H3,(H,20,22). The minimum atomic E-state index is -0.620. The first kappa shape index (κ1) is 17.6. The van der Waals surface area contributed by atoms with Crippen molar-refractivity contribution in [3.05, 3.63) is 34.7 Å². The number of halogens is 2. The van der Waals surface area contributed by atoms with Gasteiger partial charge in [-0.25, -0.2) is 9.18 Å². The van der Waals surface area contributed by atoms with Gasteiger partial charge in [-0.3, -0.25) is 0 Å². The van der Waals surface area contributed by atoms with Gasteiger partial charge in [0.25, 0.3) is 0 Å². The fourth-order valence-corrected chi connectivity index (χ4v) is 2.41. The molecule has 0 aliphatic heterocycles. The number of aliphatic hydroxyl groups is 1. The topological polar surface area (TPSA) is 74.3 Å². The molecule has 1 amide bonds. The predicted molar refractivity (Wildman–Crippen MR) is 87.2 cm³/mol. The lowest BCUT2D eigenvalue weighted by Gasteiger charge is -2.22. The molecule has 0 aliphatic carbocycles. The van der Waals surface area contributed by atoms with E-state index < -0.39 is 23.6 Å². The van der Waals surface area contributed by atoms with Crippen LogP contribution in [0.1, 0.15) is 26.3 Å². The molecular weight excluding hydrogens is 323 g/mol. The third-order valence-corrected chi connectivity index (χ3v) is 3.51. The van der Waals surface area contributed by atoms with Crippen LogP contribution in [0.25, 0.3) is 10.9 Å². The average molecular weight is 343 g/mol. The number of fused-ring (bicyclic) bond motifs is 1. The molecule has 1 aromatic carbocycles. The zero-order valence-electron chi connectivity index (χ0n) is 13.2. The van der Waals surface area contributed by atoms with Crippen LogP contribution in [0.15, 0.2) is 18.3 Å². The fourth-order valence-electron chi connectivity index (χ4n) is 2.24. The molecule has 0 saturated carbocycles. The number of hydrogen-bond acceptors (Lipinski definition) is 3. The minimum absolute atomic E-state index is 0.0384. The summed E-state index contributed by atoms with van der Waals surface area (Å²) < 4.78 is 18.8. The highest BCUT2D eigenvalue weighted by atomic mass is 35.5. The molecular formula is C16H20ClFN2O3. The Bertz CT molecular complexity index is 709. The van der Waals surface area contributed by atoms with E-state index in [-0.39, 0.29) is 11.6 Å². The molecule has 2 rings (SSSR count). The molecule has 7 heteroatoms. The Labute approximate surface area is 138 Å². The Morgan fingerprint density at radius 3 is 2.78 bits per heavy atom. The van der Waals surface area contributed by atoms with Gasteiger partial charge in [-0.1, -0.05) is 11.6 Å². The summed E-state index contributed by atoms with van der Waals surface area (Å²) in [5.41, 5.74) is 0.844. The van der Waals surface area contributed by atoms with E-state index in [9.17, 15) is 14.3 Å². The van der Waals surface area contributed by atoms with Gasteiger partial charge in [0.2, 0.25) is 0 Å². The van der Waals surface area contributed by atoms with E-state index >= 15 is 0 Å². The van der Waals surface area contributed by atoms with Crippen LogP contribution in [-0.2, 0) is 11.2 Å². The van der Waals surface area contributed by atoms with Gasteiger partial charge in [0, 0.05) is 17.1 Å². The Morgan fingerprint density at radius 2 is 2.17 bits per heavy atom. The van der Waals surface area contributed by atoms with Crippen LogP contribution in [0, 0.1) is 5.82 Å². The number of H-pyrrole nitrogens is 1. The Balaban J connectivity index is 2.13. The summed E-state index contributed by atoms with van der Waals surface area (Å²) in [6.45, 7) is 5.01. The van der Waals surface area contributed by atoms with Crippen molar-refractivity contribution < 1.29 is 19.0 Å². The first-order chi connectivity index (χ1) is 10.7. The normalized spacial score (nSPS) is 13.1. The van der Waals surface area contributed by atoms with Crippen LogP contribution in [0.2, 0.25) is 5.02 Å². The van der Waals surface area contributed by atoms with E-state index in [1.54, 1.807) is 27.0 Å². The first-order valence-corrected chi connectivity index (χ1v) is 7.63. The zero-order valence-corrected chi connectivity index (χ0v) is 14.0. The molecule has 126 valence electrons. The molecule has 1 aromatic heterocycles. The molecule has 2 aromatic rings. The molecule has 0 bridgehead atoms. The summed E-state index contributed by atoms with van der Waals surface area (Å²) in [5, 5.41) is 12.8. The number of aliphatic hydroxyl groups excluding tert-OH is 1. The van der Waals surface area contributed by atoms with E-state index in [2.05, 4.69) is 10.3 Å². The lowest BCUT2D eigenvalue weighted by Crippen LogP contribution is -2.42. The largest absolute Gasteiger partial charge is 0.444 e. The fraction of sp³-hybridized carbons (Fsp3) is 0.438. The van der Waals surface area contributed by atoms with Crippen LogP contribution in [0.3, 0.4) is 0 Å². The van der Waals surface area contributed by atoms with Crippen LogP contribution in [-0.4, -0.2) is 34.4 Å². The number of nitrogens with one attached hydrogen (secondary N) is 2. The maximum Gasteiger partial charge on any atom is 0.407 e. The van der Waals surface area contributed by atoms with Crippen molar-refractivity contribution in [2.75, 3.05) is 6.61 Å². The second-order valence-electron chi connectivity index (χ2n) is 6.36. The highest BCUT2D eigenvalue weighted by molar-refractivity contribution is 6.31. The third kappa shape index (κ3) is 4.59. The van der Waals surface area contributed by atoms with Gasteiger partial charge >= 0.3 is 6.09 Å². The number of ether oxygens (including phenoxy) is 1. The van der Waals surface area contributed by atoms with Gasteiger partial charge in [-0.15, -0.1) is 0 Å². The molecule has 0 spiro atoms. The van der Waals surface area contributed by atoms with E-state index in [0.29, 0.717) is 17.3 Å². The molecule has 5 nitrogen and oxygen atoms in total. The molecule has 1 unspecified atom stereocenters. The van der Waals surface area contributed by atoms with E-state index in [1.807, 2.05) is 0 Å². The van der Waals surface area contributed by atoms with Crippen molar-refractivity contribution >= 4 is 28.6 Å². The van der Waals surface area contributed by atoms with Crippen molar-refractivity contribution in [1.29, 1.82) is 0 Å². The summed E-state index contributed by atoms with van der Waals surface area (Å²) in [4.78, 5) is 14.8. The van der Waals surface area contributed by atoms with Crippen molar-refractivity contribution in [2.24, 2.45) is 0 Å². The van der Waals surface area contributed by atoms with Crippen LogP contribution in [0.5, 0.6) is 0 Å². The number of rotatable bonds is 4. The predicted octanol–water partition coefficient (Wildman–Crippen LogP) is 3.39. The number of carbonyl (C=O) groups is 1. The van der Waals surface area contributed by atoms with Gasteiger partial charge in [-0.05, 0) is 44.9 Å². The molecule has 3 N–H and O–H groups in total. The monoisotopic (exact) mass is 342 g/mol. The smallest absolute Gasteiger partial charge is 0.407 e. The van der Waals surface area contributed by atoms with Gasteiger partial charge in [0.15, 0.2) is 0 Å². The molecule has 0 fully saturated rings. The second-order valence-corrected chi connectivity index (χ2v) is 6.76. The van der Waals surface area contributed by atoms with Crippen molar-refractivity contribution in [3.63, 3.8) is 0 Å². The Morgan fingerprint density at radius 1 is 1.48 bits per heavy atom. The van der Waals surface area contributed by atoms with Crippen molar-refractivity contribution in [1.82, 2.24) is 10.3 Å². The van der Waals surface area contributed by atoms with Crippen LogP contribution >= 0.6 is 11.6 Å². The number of aromatic amines is 1. The maximum atomic E-state index is 13.6. The molecule has 1 atom stereocenters. The molecule has 0 radical (unpaired) electrons. The second kappa shape index (κ2) is 6.76. The van der Waals surface area contributed by atoms with Gasteiger partial charge in [-0.2, -0.15) is 0 Å². The Kier molecular flexibility index (Phi) is 5.16. The lowest BCUT2D eigenvalue weighted by atomic mass is 10.1. The first-order valence-electron chi connectivity index (χ1n) is 7.25. The number of hydrogen-bond donors (Lipinski definition) is 3. The summed E-state index contributed by atoms with van der Waals surface area (Å²) in [7, 11) is 0. The minimum Gasteiger partial charge on any atom is -0.444 e. The molecule has 0 aliphatic rings. The number of benzene rings is 1. The third-order valence-electron chi connectivity index (χ3n) is 3.22. The average Bonchev–Trinajstić information content (AvgIpc) is 2.79. The van der Waals surface area contributed by atoms with Gasteiger partial charge in [0.1, 0.15) is 11.4 Å². The number of carbonyl (C=O) groups excluding carboxylic acids is 1. The maximum absolute atomic E-state index is 13.6. The molecule has 1 heterocycles.